The standard InChI is InChI=1S/C20H17Br2NO2S/c21-16-8-15(9-17(22)11-16)6-7-18(24)12-19(26)13-23-20(25)10-14-4-2-1-3-5-14/h1-9,11H,10,12-13H2,(H,23,25)/b7-6+. The van der Waals surface area contributed by atoms with Crippen molar-refractivity contribution in [3.05, 3.63) is 74.7 Å². The molecule has 2 rings (SSSR count). The molecule has 0 aliphatic heterocycles. The van der Waals surface area contributed by atoms with Gasteiger partial charge in [-0.15, -0.1) is 0 Å². The predicted molar refractivity (Wildman–Crippen MR) is 116 cm³/mol. The zero-order valence-corrected chi connectivity index (χ0v) is 17.9. The molecule has 1 N–H and O–H groups in total. The van der Waals surface area contributed by atoms with Crippen molar-refractivity contribution in [2.45, 2.75) is 12.8 Å². The van der Waals surface area contributed by atoms with E-state index in [1.165, 1.54) is 6.08 Å². The molecule has 1 amide bonds. The van der Waals surface area contributed by atoms with E-state index in [-0.39, 0.29) is 24.7 Å². The maximum Gasteiger partial charge on any atom is 0.224 e. The molecule has 0 saturated heterocycles. The number of hydrogen-bond donors (Lipinski definition) is 1. The van der Waals surface area contributed by atoms with Crippen molar-refractivity contribution < 1.29 is 9.59 Å². The summed E-state index contributed by atoms with van der Waals surface area (Å²) in [4.78, 5) is 24.4. The summed E-state index contributed by atoms with van der Waals surface area (Å²) in [5, 5.41) is 2.76. The molecule has 0 aliphatic rings. The molecule has 2 aromatic carbocycles. The number of benzene rings is 2. The minimum atomic E-state index is -0.111. The molecule has 134 valence electrons. The monoisotopic (exact) mass is 493 g/mol. The van der Waals surface area contributed by atoms with E-state index in [9.17, 15) is 9.59 Å². The molecule has 0 atom stereocenters. The van der Waals surface area contributed by atoms with Gasteiger partial charge in [0.1, 0.15) is 0 Å². The lowest BCUT2D eigenvalue weighted by molar-refractivity contribution is -0.120. The fourth-order valence-corrected chi connectivity index (χ4v) is 3.76. The third kappa shape index (κ3) is 7.72. The van der Waals surface area contributed by atoms with E-state index >= 15 is 0 Å². The van der Waals surface area contributed by atoms with Gasteiger partial charge in [-0.25, -0.2) is 0 Å². The molecule has 0 radical (unpaired) electrons. The van der Waals surface area contributed by atoms with Crippen LogP contribution in [0.4, 0.5) is 0 Å². The number of ketones is 1. The van der Waals surface area contributed by atoms with Gasteiger partial charge in [0, 0.05) is 26.8 Å². The Labute approximate surface area is 175 Å². The van der Waals surface area contributed by atoms with E-state index in [4.69, 9.17) is 12.2 Å². The number of halogens is 2. The van der Waals surface area contributed by atoms with Gasteiger partial charge in [-0.05, 0) is 35.4 Å². The number of allylic oxidation sites excluding steroid dienone is 1. The zero-order chi connectivity index (χ0) is 18.9. The average molecular weight is 495 g/mol. The largest absolute Gasteiger partial charge is 0.351 e. The first-order valence-electron chi connectivity index (χ1n) is 7.92. The second-order valence-electron chi connectivity index (χ2n) is 5.66. The molecule has 0 heterocycles. The fourth-order valence-electron chi connectivity index (χ4n) is 2.22. The lowest BCUT2D eigenvalue weighted by atomic mass is 10.1. The second-order valence-corrected chi connectivity index (χ2v) is 8.07. The Morgan fingerprint density at radius 3 is 2.35 bits per heavy atom. The Hall–Kier alpha value is -1.63. The number of thiocarbonyl (C=S) groups is 1. The molecule has 26 heavy (non-hydrogen) atoms. The molecular weight excluding hydrogens is 478 g/mol. The summed E-state index contributed by atoms with van der Waals surface area (Å²) in [7, 11) is 0. The number of nitrogens with one attached hydrogen (secondary N) is 1. The fraction of sp³-hybridized carbons (Fsp3) is 0.150. The number of carbonyl (C=O) groups is 2. The molecule has 6 heteroatoms. The highest BCUT2D eigenvalue weighted by atomic mass is 79.9. The van der Waals surface area contributed by atoms with Crippen molar-refractivity contribution in [2.24, 2.45) is 0 Å². The van der Waals surface area contributed by atoms with Gasteiger partial charge in [-0.3, -0.25) is 9.59 Å². The van der Waals surface area contributed by atoms with Gasteiger partial charge in [0.05, 0.1) is 6.42 Å². The van der Waals surface area contributed by atoms with Crippen LogP contribution >= 0.6 is 44.1 Å². The van der Waals surface area contributed by atoms with Crippen molar-refractivity contribution in [3.8, 4) is 0 Å². The van der Waals surface area contributed by atoms with E-state index < -0.39 is 0 Å². The lowest BCUT2D eigenvalue weighted by Gasteiger charge is -2.06. The van der Waals surface area contributed by atoms with Crippen LogP contribution in [0, 0.1) is 0 Å². The maximum atomic E-state index is 12.0. The van der Waals surface area contributed by atoms with Crippen molar-refractivity contribution >= 4 is 66.7 Å². The third-order valence-corrected chi connectivity index (χ3v) is 4.61. The summed E-state index contributed by atoms with van der Waals surface area (Å²) in [5.74, 6) is -0.205. The molecule has 0 spiro atoms. The summed E-state index contributed by atoms with van der Waals surface area (Å²) in [5.41, 5.74) is 1.84. The van der Waals surface area contributed by atoms with Gasteiger partial charge in [0.2, 0.25) is 5.91 Å². The van der Waals surface area contributed by atoms with Gasteiger partial charge in [-0.2, -0.15) is 0 Å². The van der Waals surface area contributed by atoms with Crippen LogP contribution in [0.5, 0.6) is 0 Å². The molecule has 0 aliphatic carbocycles. The number of amides is 1. The highest BCUT2D eigenvalue weighted by Crippen LogP contribution is 2.20. The highest BCUT2D eigenvalue weighted by molar-refractivity contribution is 9.11. The molecule has 2 aromatic rings. The third-order valence-electron chi connectivity index (χ3n) is 3.41. The summed E-state index contributed by atoms with van der Waals surface area (Å²) in [6.07, 6.45) is 3.68. The van der Waals surface area contributed by atoms with Gasteiger partial charge >= 0.3 is 0 Å². The van der Waals surface area contributed by atoms with Crippen molar-refractivity contribution in [1.82, 2.24) is 5.32 Å². The van der Waals surface area contributed by atoms with Crippen LogP contribution in [0.3, 0.4) is 0 Å². The summed E-state index contributed by atoms with van der Waals surface area (Å²) < 4.78 is 1.85. The molecule has 0 bridgehead atoms. The van der Waals surface area contributed by atoms with Crippen LogP contribution in [-0.2, 0) is 16.0 Å². The summed E-state index contributed by atoms with van der Waals surface area (Å²) >= 11 is 12.0. The lowest BCUT2D eigenvalue weighted by Crippen LogP contribution is -2.30. The van der Waals surface area contributed by atoms with Gasteiger partial charge < -0.3 is 5.32 Å². The highest BCUT2D eigenvalue weighted by Gasteiger charge is 2.07. The van der Waals surface area contributed by atoms with Gasteiger partial charge in [0.15, 0.2) is 5.78 Å². The van der Waals surface area contributed by atoms with Crippen LogP contribution in [0.15, 0.2) is 63.6 Å². The smallest absolute Gasteiger partial charge is 0.224 e. The molecule has 0 fully saturated rings. The van der Waals surface area contributed by atoms with Crippen molar-refractivity contribution in [2.75, 3.05) is 6.54 Å². The van der Waals surface area contributed by atoms with Crippen LogP contribution in [-0.4, -0.2) is 23.1 Å². The Bertz CT molecular complexity index is 815. The van der Waals surface area contributed by atoms with Gasteiger partial charge in [-0.1, -0.05) is 80.5 Å². The Kier molecular flexibility index (Phi) is 8.35. The second kappa shape index (κ2) is 10.5. The quantitative estimate of drug-likeness (QED) is 0.418. The van der Waals surface area contributed by atoms with E-state index in [0.717, 1.165) is 20.1 Å². The van der Waals surface area contributed by atoms with Crippen molar-refractivity contribution in [3.63, 3.8) is 0 Å². The SMILES string of the molecule is O=C(/C=C/c1cc(Br)cc(Br)c1)CC(=S)CNC(=O)Cc1ccccc1. The summed E-state index contributed by atoms with van der Waals surface area (Å²) in [6.45, 7) is 0.225. The molecule has 0 unspecified atom stereocenters. The number of carbonyl (C=O) groups excluding carboxylic acids is 2. The number of hydrogen-bond acceptors (Lipinski definition) is 3. The Balaban J connectivity index is 1.77. The first-order chi connectivity index (χ1) is 12.4. The zero-order valence-electron chi connectivity index (χ0n) is 13.9. The van der Waals surface area contributed by atoms with E-state index in [1.807, 2.05) is 48.5 Å². The minimum absolute atomic E-state index is 0.0941. The van der Waals surface area contributed by atoms with E-state index in [2.05, 4.69) is 37.2 Å². The van der Waals surface area contributed by atoms with Crippen LogP contribution in [0.25, 0.3) is 6.08 Å². The first-order valence-corrected chi connectivity index (χ1v) is 9.91. The van der Waals surface area contributed by atoms with Crippen molar-refractivity contribution in [1.29, 1.82) is 0 Å². The Morgan fingerprint density at radius 2 is 1.69 bits per heavy atom. The normalized spacial score (nSPS) is 10.7. The number of rotatable bonds is 8. The van der Waals surface area contributed by atoms with E-state index in [0.29, 0.717) is 11.3 Å². The van der Waals surface area contributed by atoms with Crippen LogP contribution in [0.2, 0.25) is 0 Å². The maximum absolute atomic E-state index is 12.0. The molecule has 0 aromatic heterocycles. The molecule has 3 nitrogen and oxygen atoms in total. The van der Waals surface area contributed by atoms with Crippen LogP contribution < -0.4 is 5.32 Å². The minimum Gasteiger partial charge on any atom is -0.351 e. The van der Waals surface area contributed by atoms with Gasteiger partial charge in [0.25, 0.3) is 0 Å². The summed E-state index contributed by atoms with van der Waals surface area (Å²) in [6, 6.07) is 15.2. The Morgan fingerprint density at radius 1 is 1.04 bits per heavy atom. The van der Waals surface area contributed by atoms with E-state index in [1.54, 1.807) is 6.08 Å². The topological polar surface area (TPSA) is 46.2 Å². The molecular formula is C20H17Br2NO2S. The van der Waals surface area contributed by atoms with Crippen LogP contribution in [0.1, 0.15) is 17.5 Å². The predicted octanol–water partition coefficient (Wildman–Crippen LogP) is 4.91. The first kappa shape index (κ1) is 20.7. The molecule has 0 saturated carbocycles. The average Bonchev–Trinajstić information content (AvgIpc) is 2.58.